The molecule has 0 spiro atoms. The van der Waals surface area contributed by atoms with Crippen LogP contribution in [0.2, 0.25) is 5.02 Å². The lowest BCUT2D eigenvalue weighted by atomic mass is 9.93. The Morgan fingerprint density at radius 2 is 2.10 bits per heavy atom. The van der Waals surface area contributed by atoms with Gasteiger partial charge in [0.1, 0.15) is 0 Å². The summed E-state index contributed by atoms with van der Waals surface area (Å²) in [7, 11) is 0. The fourth-order valence-electron chi connectivity index (χ4n) is 1.75. The number of rotatable bonds is 3. The Labute approximate surface area is 137 Å². The lowest BCUT2D eigenvalue weighted by molar-refractivity contribution is 0.178. The standard InChI is InChI=1S/C15H17BrClNOS/c1-15(2,3)13-8-20-14(18-13)7-12(19)9-4-5-10(16)11(17)6-9/h4-6,8,12,19H,7H2,1-3H3. The maximum atomic E-state index is 10.3. The number of aliphatic hydroxyl groups excluding tert-OH is 1. The molecule has 20 heavy (non-hydrogen) atoms. The summed E-state index contributed by atoms with van der Waals surface area (Å²) < 4.78 is 0.833. The number of hydrogen-bond donors (Lipinski definition) is 1. The lowest BCUT2D eigenvalue weighted by Crippen LogP contribution is -2.12. The zero-order valence-corrected chi connectivity index (χ0v) is 14.8. The Morgan fingerprint density at radius 3 is 2.65 bits per heavy atom. The van der Waals surface area contributed by atoms with Gasteiger partial charge in [-0.2, -0.15) is 0 Å². The van der Waals surface area contributed by atoms with Crippen LogP contribution in [0.3, 0.4) is 0 Å². The minimum absolute atomic E-state index is 0.0423. The van der Waals surface area contributed by atoms with Crippen molar-refractivity contribution in [3.63, 3.8) is 0 Å². The molecule has 0 fully saturated rings. The summed E-state index contributed by atoms with van der Waals surface area (Å²) in [5, 5.41) is 13.9. The average Bonchev–Trinajstić information content (AvgIpc) is 2.81. The zero-order valence-electron chi connectivity index (χ0n) is 11.7. The van der Waals surface area contributed by atoms with Gasteiger partial charge in [-0.25, -0.2) is 4.98 Å². The van der Waals surface area contributed by atoms with E-state index in [1.165, 1.54) is 0 Å². The summed E-state index contributed by atoms with van der Waals surface area (Å²) in [5.41, 5.74) is 1.92. The van der Waals surface area contributed by atoms with Gasteiger partial charge in [0.05, 0.1) is 21.8 Å². The van der Waals surface area contributed by atoms with Crippen LogP contribution in [0.25, 0.3) is 0 Å². The highest BCUT2D eigenvalue weighted by atomic mass is 79.9. The molecule has 2 rings (SSSR count). The molecule has 2 aromatic rings. The molecule has 1 atom stereocenters. The molecule has 0 saturated carbocycles. The first-order valence-corrected chi connectivity index (χ1v) is 8.40. The Bertz CT molecular complexity index is 606. The number of aliphatic hydroxyl groups is 1. The van der Waals surface area contributed by atoms with E-state index >= 15 is 0 Å². The van der Waals surface area contributed by atoms with Gasteiger partial charge in [-0.1, -0.05) is 38.4 Å². The molecule has 1 N–H and O–H groups in total. The second-order valence-electron chi connectivity index (χ2n) is 5.77. The molecule has 1 aromatic carbocycles. The van der Waals surface area contributed by atoms with E-state index in [0.29, 0.717) is 11.4 Å². The number of halogens is 2. The zero-order chi connectivity index (χ0) is 14.9. The van der Waals surface area contributed by atoms with Crippen molar-refractivity contribution in [1.29, 1.82) is 0 Å². The third-order valence-electron chi connectivity index (χ3n) is 3.02. The van der Waals surface area contributed by atoms with Crippen molar-refractivity contribution in [2.75, 3.05) is 0 Å². The topological polar surface area (TPSA) is 33.1 Å². The van der Waals surface area contributed by atoms with E-state index < -0.39 is 6.10 Å². The molecular formula is C15H17BrClNOS. The first-order chi connectivity index (χ1) is 9.27. The predicted octanol–water partition coefficient (Wildman–Crippen LogP) is 5.13. The number of thiazole rings is 1. The largest absolute Gasteiger partial charge is 0.388 e. The van der Waals surface area contributed by atoms with Gasteiger partial charge in [-0.05, 0) is 33.6 Å². The highest BCUT2D eigenvalue weighted by molar-refractivity contribution is 9.10. The molecule has 1 aromatic heterocycles. The molecule has 0 aliphatic heterocycles. The monoisotopic (exact) mass is 373 g/mol. The van der Waals surface area contributed by atoms with E-state index in [2.05, 4.69) is 47.1 Å². The predicted molar refractivity (Wildman–Crippen MR) is 88.6 cm³/mol. The molecule has 0 bridgehead atoms. The second-order valence-corrected chi connectivity index (χ2v) is 7.97. The SMILES string of the molecule is CC(C)(C)c1csc(CC(O)c2ccc(Br)c(Cl)c2)n1. The normalized spacial score (nSPS) is 13.5. The van der Waals surface area contributed by atoms with Crippen LogP contribution < -0.4 is 0 Å². The second kappa shape index (κ2) is 6.14. The van der Waals surface area contributed by atoms with Crippen LogP contribution in [0.5, 0.6) is 0 Å². The van der Waals surface area contributed by atoms with Crippen LogP contribution in [0.4, 0.5) is 0 Å². The molecule has 2 nitrogen and oxygen atoms in total. The lowest BCUT2D eigenvalue weighted by Gasteiger charge is -2.14. The molecule has 1 heterocycles. The van der Waals surface area contributed by atoms with Crippen LogP contribution in [-0.4, -0.2) is 10.1 Å². The molecule has 5 heteroatoms. The van der Waals surface area contributed by atoms with Crippen molar-refractivity contribution in [2.24, 2.45) is 0 Å². The number of nitrogens with zero attached hydrogens (tertiary/aromatic N) is 1. The first-order valence-electron chi connectivity index (χ1n) is 6.35. The fourth-order valence-corrected chi connectivity index (χ4v) is 3.25. The van der Waals surface area contributed by atoms with E-state index in [0.717, 1.165) is 20.7 Å². The summed E-state index contributed by atoms with van der Waals surface area (Å²) in [5.74, 6) is 0. The van der Waals surface area contributed by atoms with Gasteiger partial charge in [-0.3, -0.25) is 0 Å². The van der Waals surface area contributed by atoms with E-state index in [4.69, 9.17) is 11.6 Å². The van der Waals surface area contributed by atoms with Gasteiger partial charge in [0, 0.05) is 21.7 Å². The summed E-state index contributed by atoms with van der Waals surface area (Å²) in [6.07, 6.45) is -0.0711. The van der Waals surface area contributed by atoms with Gasteiger partial charge in [0.2, 0.25) is 0 Å². The molecule has 0 amide bonds. The summed E-state index contributed by atoms with van der Waals surface area (Å²) in [4.78, 5) is 4.60. The van der Waals surface area contributed by atoms with Crippen molar-refractivity contribution >= 4 is 38.9 Å². The van der Waals surface area contributed by atoms with Gasteiger partial charge in [0.25, 0.3) is 0 Å². The minimum Gasteiger partial charge on any atom is -0.388 e. The van der Waals surface area contributed by atoms with Crippen molar-refractivity contribution in [2.45, 2.75) is 38.7 Å². The van der Waals surface area contributed by atoms with Crippen LogP contribution in [0.1, 0.15) is 43.1 Å². The highest BCUT2D eigenvalue weighted by Crippen LogP contribution is 2.29. The summed E-state index contributed by atoms with van der Waals surface area (Å²) >= 11 is 11.0. The quantitative estimate of drug-likeness (QED) is 0.807. The van der Waals surface area contributed by atoms with Gasteiger partial charge in [-0.15, -0.1) is 11.3 Å². The van der Waals surface area contributed by atoms with Crippen LogP contribution in [-0.2, 0) is 11.8 Å². The van der Waals surface area contributed by atoms with Crippen molar-refractivity contribution in [1.82, 2.24) is 4.98 Å². The first kappa shape index (κ1) is 16.0. The van der Waals surface area contributed by atoms with Gasteiger partial charge >= 0.3 is 0 Å². The third kappa shape index (κ3) is 3.82. The Hall–Kier alpha value is -0.420. The van der Waals surface area contributed by atoms with E-state index in [9.17, 15) is 5.11 Å². The maximum absolute atomic E-state index is 10.3. The highest BCUT2D eigenvalue weighted by Gasteiger charge is 2.19. The molecule has 0 saturated heterocycles. The molecule has 0 radical (unpaired) electrons. The van der Waals surface area contributed by atoms with E-state index in [1.807, 2.05) is 12.1 Å². The Balaban J connectivity index is 2.13. The van der Waals surface area contributed by atoms with E-state index in [1.54, 1.807) is 17.4 Å². The van der Waals surface area contributed by atoms with Gasteiger partial charge in [0.15, 0.2) is 0 Å². The average molecular weight is 375 g/mol. The number of benzene rings is 1. The van der Waals surface area contributed by atoms with Crippen LogP contribution in [0, 0.1) is 0 Å². The fraction of sp³-hybridized carbons (Fsp3) is 0.400. The molecular weight excluding hydrogens is 358 g/mol. The number of aromatic nitrogens is 1. The Kier molecular flexibility index (Phi) is 4.90. The maximum Gasteiger partial charge on any atom is 0.0957 e. The smallest absolute Gasteiger partial charge is 0.0957 e. The van der Waals surface area contributed by atoms with Crippen LogP contribution >= 0.6 is 38.9 Å². The molecule has 0 aliphatic carbocycles. The Morgan fingerprint density at radius 1 is 1.40 bits per heavy atom. The van der Waals surface area contributed by atoms with Crippen molar-refractivity contribution in [3.8, 4) is 0 Å². The summed E-state index contributed by atoms with van der Waals surface area (Å²) in [6, 6.07) is 5.51. The van der Waals surface area contributed by atoms with E-state index in [-0.39, 0.29) is 5.41 Å². The molecule has 108 valence electrons. The molecule has 0 aliphatic rings. The summed E-state index contributed by atoms with van der Waals surface area (Å²) in [6.45, 7) is 6.41. The van der Waals surface area contributed by atoms with Crippen molar-refractivity contribution < 1.29 is 5.11 Å². The van der Waals surface area contributed by atoms with Gasteiger partial charge < -0.3 is 5.11 Å². The minimum atomic E-state index is -0.584. The van der Waals surface area contributed by atoms with Crippen molar-refractivity contribution in [3.05, 3.63) is 49.3 Å². The molecule has 1 unspecified atom stereocenters. The number of hydrogen-bond acceptors (Lipinski definition) is 3. The van der Waals surface area contributed by atoms with Crippen LogP contribution in [0.15, 0.2) is 28.1 Å². The third-order valence-corrected chi connectivity index (χ3v) is 5.12.